The van der Waals surface area contributed by atoms with Gasteiger partial charge in [-0.25, -0.2) is 4.98 Å². The van der Waals surface area contributed by atoms with Gasteiger partial charge in [-0.3, -0.25) is 0 Å². The summed E-state index contributed by atoms with van der Waals surface area (Å²) in [7, 11) is 1.87. The smallest absolute Gasteiger partial charge is 0.249 e. The molecule has 1 heterocycles. The lowest BCUT2D eigenvalue weighted by Crippen LogP contribution is -1.82. The van der Waals surface area contributed by atoms with E-state index in [1.807, 2.05) is 20.2 Å². The molecule has 1 aromatic heterocycles. The molecule has 1 rings (SSSR count). The van der Waals surface area contributed by atoms with E-state index in [0.717, 1.165) is 5.70 Å². The lowest BCUT2D eigenvalue weighted by molar-refractivity contribution is 0.886. The molecule has 0 aliphatic heterocycles. The van der Waals surface area contributed by atoms with Gasteiger partial charge in [-0.2, -0.15) is 5.11 Å². The summed E-state index contributed by atoms with van der Waals surface area (Å²) in [5.41, 5.74) is 0.804. The molecule has 0 amide bonds. The summed E-state index contributed by atoms with van der Waals surface area (Å²) in [5.74, 6) is 0.594. The first-order chi connectivity index (χ1) is 6.24. The molecule has 0 saturated heterocycles. The molecule has 0 aliphatic rings. The Balaban J connectivity index is 2.74. The molecule has 0 aromatic carbocycles. The fourth-order valence-corrected chi connectivity index (χ4v) is 0.782. The second-order valence-electron chi connectivity index (χ2n) is 2.58. The molecule has 0 unspecified atom stereocenters. The largest absolute Gasteiger partial charge is 0.317 e. The van der Waals surface area contributed by atoms with E-state index in [1.165, 1.54) is 0 Å². The minimum Gasteiger partial charge on any atom is -0.317 e. The van der Waals surface area contributed by atoms with Crippen LogP contribution in [0.5, 0.6) is 0 Å². The van der Waals surface area contributed by atoms with Gasteiger partial charge in [0, 0.05) is 19.4 Å². The van der Waals surface area contributed by atoms with Gasteiger partial charge >= 0.3 is 0 Å². The number of imidazole rings is 1. The second kappa shape index (κ2) is 4.35. The summed E-state index contributed by atoms with van der Waals surface area (Å²) in [5, 5.41) is 7.89. The maximum absolute atomic E-state index is 4.00. The summed E-state index contributed by atoms with van der Waals surface area (Å²) < 4.78 is 1.80. The predicted octanol–water partition coefficient (Wildman–Crippen LogP) is 2.59. The van der Waals surface area contributed by atoms with Gasteiger partial charge in [-0.1, -0.05) is 12.7 Å². The van der Waals surface area contributed by atoms with Crippen molar-refractivity contribution in [3.63, 3.8) is 0 Å². The molecule has 68 valence electrons. The van der Waals surface area contributed by atoms with Crippen LogP contribution in [0.3, 0.4) is 0 Å². The van der Waals surface area contributed by atoms with Crippen molar-refractivity contribution in [2.75, 3.05) is 0 Å². The minimum atomic E-state index is 0.594. The Kier molecular flexibility index (Phi) is 3.14. The lowest BCUT2D eigenvalue weighted by Gasteiger charge is -1.91. The summed E-state index contributed by atoms with van der Waals surface area (Å²) in [6.07, 6.45) is 6.96. The van der Waals surface area contributed by atoms with Crippen molar-refractivity contribution < 1.29 is 0 Å². The molecular weight excluding hydrogens is 164 g/mol. The first-order valence-corrected chi connectivity index (χ1v) is 3.92. The number of azo groups is 1. The van der Waals surface area contributed by atoms with Crippen LogP contribution in [0.2, 0.25) is 0 Å². The number of allylic oxidation sites excluding steroid dienone is 3. The van der Waals surface area contributed by atoms with Crippen LogP contribution in [0, 0.1) is 0 Å². The van der Waals surface area contributed by atoms with Crippen molar-refractivity contribution in [3.8, 4) is 0 Å². The van der Waals surface area contributed by atoms with Crippen LogP contribution in [0.4, 0.5) is 5.95 Å². The van der Waals surface area contributed by atoms with Crippen LogP contribution in [-0.4, -0.2) is 9.55 Å². The maximum Gasteiger partial charge on any atom is 0.249 e. The molecule has 0 radical (unpaired) electrons. The quantitative estimate of drug-likeness (QED) is 0.515. The molecule has 13 heavy (non-hydrogen) atoms. The predicted molar refractivity (Wildman–Crippen MR) is 51.7 cm³/mol. The fraction of sp³-hybridized carbons (Fsp3) is 0.222. The summed E-state index contributed by atoms with van der Waals surface area (Å²) in [4.78, 5) is 4.00. The number of aromatic nitrogens is 2. The van der Waals surface area contributed by atoms with Crippen molar-refractivity contribution in [3.05, 3.63) is 36.8 Å². The zero-order valence-electron chi connectivity index (χ0n) is 7.81. The van der Waals surface area contributed by atoms with Crippen LogP contribution in [0.15, 0.2) is 47.1 Å². The summed E-state index contributed by atoms with van der Waals surface area (Å²) >= 11 is 0. The Bertz CT molecular complexity index is 346. The van der Waals surface area contributed by atoms with Crippen molar-refractivity contribution in [1.82, 2.24) is 9.55 Å². The van der Waals surface area contributed by atoms with E-state index in [9.17, 15) is 0 Å². The summed E-state index contributed by atoms with van der Waals surface area (Å²) in [6.45, 7) is 5.42. The van der Waals surface area contributed by atoms with Gasteiger partial charge in [0.1, 0.15) is 0 Å². The standard InChI is InChI=1S/C9H12N4/c1-4-5-8(2)11-12-9-10-6-7-13(9)3/h4-7H,1H2,2-3H3/b8-5+,12-11+. The van der Waals surface area contributed by atoms with Gasteiger partial charge in [0.15, 0.2) is 0 Å². The lowest BCUT2D eigenvalue weighted by atomic mass is 10.4. The Hall–Kier alpha value is -1.71. The average Bonchev–Trinajstić information content (AvgIpc) is 2.48. The zero-order chi connectivity index (χ0) is 9.68. The molecule has 0 N–H and O–H groups in total. The zero-order valence-corrected chi connectivity index (χ0v) is 7.81. The van der Waals surface area contributed by atoms with Gasteiger partial charge in [-0.15, -0.1) is 5.11 Å². The molecule has 0 bridgehead atoms. The Morgan fingerprint density at radius 2 is 2.46 bits per heavy atom. The highest BCUT2D eigenvalue weighted by Crippen LogP contribution is 2.08. The highest BCUT2D eigenvalue weighted by Gasteiger charge is 1.93. The maximum atomic E-state index is 4.00. The van der Waals surface area contributed by atoms with E-state index >= 15 is 0 Å². The van der Waals surface area contributed by atoms with Gasteiger partial charge < -0.3 is 4.57 Å². The topological polar surface area (TPSA) is 42.5 Å². The van der Waals surface area contributed by atoms with E-state index in [4.69, 9.17) is 0 Å². The van der Waals surface area contributed by atoms with Crippen molar-refractivity contribution in [2.45, 2.75) is 6.92 Å². The van der Waals surface area contributed by atoms with Gasteiger partial charge in [-0.05, 0) is 13.0 Å². The van der Waals surface area contributed by atoms with Gasteiger partial charge in [0.2, 0.25) is 5.95 Å². The number of hydrogen-bond donors (Lipinski definition) is 0. The third-order valence-electron chi connectivity index (χ3n) is 1.45. The monoisotopic (exact) mass is 176 g/mol. The van der Waals surface area contributed by atoms with Crippen molar-refractivity contribution >= 4 is 5.95 Å². The second-order valence-corrected chi connectivity index (χ2v) is 2.58. The highest BCUT2D eigenvalue weighted by molar-refractivity contribution is 5.15. The Morgan fingerprint density at radius 3 is 3.00 bits per heavy atom. The molecule has 4 nitrogen and oxygen atoms in total. The van der Waals surface area contributed by atoms with Crippen LogP contribution >= 0.6 is 0 Å². The van der Waals surface area contributed by atoms with Crippen LogP contribution in [0.25, 0.3) is 0 Å². The number of rotatable bonds is 3. The van der Waals surface area contributed by atoms with E-state index in [0.29, 0.717) is 5.95 Å². The van der Waals surface area contributed by atoms with Crippen LogP contribution in [-0.2, 0) is 7.05 Å². The molecule has 0 fully saturated rings. The molecule has 0 saturated carbocycles. The minimum absolute atomic E-state index is 0.594. The van der Waals surface area contributed by atoms with E-state index < -0.39 is 0 Å². The normalized spacial score (nSPS) is 12.3. The van der Waals surface area contributed by atoms with Crippen LogP contribution < -0.4 is 0 Å². The van der Waals surface area contributed by atoms with E-state index in [-0.39, 0.29) is 0 Å². The molecule has 0 spiro atoms. The molecular formula is C9H12N4. The highest BCUT2D eigenvalue weighted by atomic mass is 15.2. The molecule has 0 atom stereocenters. The first-order valence-electron chi connectivity index (χ1n) is 3.92. The number of hydrogen-bond acceptors (Lipinski definition) is 3. The number of aryl methyl sites for hydroxylation is 1. The molecule has 4 heteroatoms. The van der Waals surface area contributed by atoms with Gasteiger partial charge in [0.25, 0.3) is 0 Å². The van der Waals surface area contributed by atoms with Crippen molar-refractivity contribution in [1.29, 1.82) is 0 Å². The SMILES string of the molecule is C=C/C=C(C)/N=N/c1nccn1C. The van der Waals surface area contributed by atoms with E-state index in [2.05, 4.69) is 21.8 Å². The third-order valence-corrected chi connectivity index (χ3v) is 1.45. The Labute approximate surface area is 77.3 Å². The summed E-state index contributed by atoms with van der Waals surface area (Å²) in [6, 6.07) is 0. The third kappa shape index (κ3) is 2.66. The fourth-order valence-electron chi connectivity index (χ4n) is 0.782. The Morgan fingerprint density at radius 1 is 1.69 bits per heavy atom. The van der Waals surface area contributed by atoms with E-state index in [1.54, 1.807) is 22.9 Å². The first kappa shape index (κ1) is 9.38. The van der Waals surface area contributed by atoms with Crippen LogP contribution in [0.1, 0.15) is 6.92 Å². The number of nitrogens with zero attached hydrogens (tertiary/aromatic N) is 4. The average molecular weight is 176 g/mol. The molecule has 0 aliphatic carbocycles. The van der Waals surface area contributed by atoms with Gasteiger partial charge in [0.05, 0.1) is 5.70 Å². The van der Waals surface area contributed by atoms with Crippen molar-refractivity contribution in [2.24, 2.45) is 17.3 Å². The molecule has 1 aromatic rings.